The monoisotopic (exact) mass is 400 g/mol. The van der Waals surface area contributed by atoms with Crippen molar-refractivity contribution in [3.63, 3.8) is 0 Å². The van der Waals surface area contributed by atoms with Crippen molar-refractivity contribution in [1.29, 1.82) is 0 Å². The molecule has 0 bridgehead atoms. The SMILES string of the molecule is COc1cccc(C(=O)NCCC(=O)Nc2nc3ccc([N+](=O)[O-])cc3s2)c1. The van der Waals surface area contributed by atoms with E-state index in [1.807, 2.05) is 0 Å². The van der Waals surface area contributed by atoms with Crippen molar-refractivity contribution in [3.05, 3.63) is 58.1 Å². The molecular formula is C18H16N4O5S. The van der Waals surface area contributed by atoms with Gasteiger partial charge in [0.15, 0.2) is 5.13 Å². The van der Waals surface area contributed by atoms with Gasteiger partial charge in [0, 0.05) is 30.7 Å². The molecule has 0 fully saturated rings. The molecule has 0 aliphatic carbocycles. The zero-order chi connectivity index (χ0) is 20.1. The van der Waals surface area contributed by atoms with Crippen molar-refractivity contribution >= 4 is 44.2 Å². The Hall–Kier alpha value is -3.53. The zero-order valence-corrected chi connectivity index (χ0v) is 15.6. The number of fused-ring (bicyclic) bond motifs is 1. The largest absolute Gasteiger partial charge is 0.497 e. The van der Waals surface area contributed by atoms with E-state index in [1.54, 1.807) is 24.3 Å². The predicted octanol–water partition coefficient (Wildman–Crippen LogP) is 2.97. The maximum atomic E-state index is 12.1. The van der Waals surface area contributed by atoms with Gasteiger partial charge in [0.25, 0.3) is 11.6 Å². The van der Waals surface area contributed by atoms with E-state index in [-0.39, 0.29) is 30.5 Å². The van der Waals surface area contributed by atoms with Gasteiger partial charge in [-0.2, -0.15) is 0 Å². The molecule has 1 aromatic heterocycles. The van der Waals surface area contributed by atoms with Crippen LogP contribution in [0, 0.1) is 10.1 Å². The van der Waals surface area contributed by atoms with Gasteiger partial charge in [-0.1, -0.05) is 17.4 Å². The summed E-state index contributed by atoms with van der Waals surface area (Å²) in [5.74, 6) is -0.0556. The van der Waals surface area contributed by atoms with Crippen LogP contribution in [0.3, 0.4) is 0 Å². The predicted molar refractivity (Wildman–Crippen MR) is 105 cm³/mol. The first kappa shape index (κ1) is 19.2. The van der Waals surface area contributed by atoms with Crippen molar-refractivity contribution < 1.29 is 19.2 Å². The van der Waals surface area contributed by atoms with Crippen molar-refractivity contribution in [1.82, 2.24) is 10.3 Å². The molecule has 0 saturated heterocycles. The second-order valence-corrected chi connectivity index (χ2v) is 6.74. The lowest BCUT2D eigenvalue weighted by Gasteiger charge is -2.06. The molecule has 0 aliphatic rings. The lowest BCUT2D eigenvalue weighted by atomic mass is 10.2. The Morgan fingerprint density at radius 2 is 2.07 bits per heavy atom. The summed E-state index contributed by atoms with van der Waals surface area (Å²) in [6.07, 6.45) is 0.0613. The minimum absolute atomic E-state index is 0.0331. The average molecular weight is 400 g/mol. The number of nitro groups is 1. The van der Waals surface area contributed by atoms with Crippen LogP contribution >= 0.6 is 11.3 Å². The number of non-ortho nitro benzene ring substituents is 1. The molecular weight excluding hydrogens is 384 g/mol. The molecule has 0 unspecified atom stereocenters. The molecule has 144 valence electrons. The Bertz CT molecular complexity index is 1050. The van der Waals surface area contributed by atoms with Gasteiger partial charge in [-0.05, 0) is 24.3 Å². The molecule has 10 heteroatoms. The third-order valence-corrected chi connectivity index (χ3v) is 4.73. The number of aromatic nitrogens is 1. The normalized spacial score (nSPS) is 10.5. The van der Waals surface area contributed by atoms with Crippen LogP contribution in [0.2, 0.25) is 0 Å². The zero-order valence-electron chi connectivity index (χ0n) is 14.8. The molecule has 9 nitrogen and oxygen atoms in total. The van der Waals surface area contributed by atoms with Gasteiger partial charge in [0.1, 0.15) is 5.75 Å². The Balaban J connectivity index is 1.53. The molecule has 28 heavy (non-hydrogen) atoms. The summed E-state index contributed by atoms with van der Waals surface area (Å²) < 4.78 is 5.68. The highest BCUT2D eigenvalue weighted by Gasteiger charge is 2.12. The quantitative estimate of drug-likeness (QED) is 0.464. The molecule has 0 radical (unpaired) electrons. The maximum absolute atomic E-state index is 12.1. The lowest BCUT2D eigenvalue weighted by Crippen LogP contribution is -2.27. The molecule has 0 aliphatic heterocycles. The number of ether oxygens (including phenoxy) is 1. The van der Waals surface area contributed by atoms with Gasteiger partial charge in [-0.15, -0.1) is 0 Å². The van der Waals surface area contributed by atoms with Crippen LogP contribution < -0.4 is 15.4 Å². The second kappa shape index (κ2) is 8.44. The number of nitro benzene ring substituents is 1. The molecule has 0 spiro atoms. The van der Waals surface area contributed by atoms with Gasteiger partial charge >= 0.3 is 0 Å². The number of thiazole rings is 1. The minimum Gasteiger partial charge on any atom is -0.497 e. The number of carbonyl (C=O) groups excluding carboxylic acids is 2. The van der Waals surface area contributed by atoms with E-state index in [2.05, 4.69) is 15.6 Å². The number of benzene rings is 2. The van der Waals surface area contributed by atoms with Crippen LogP contribution in [0.5, 0.6) is 5.75 Å². The van der Waals surface area contributed by atoms with Gasteiger partial charge in [0.05, 0.1) is 22.2 Å². The fourth-order valence-corrected chi connectivity index (χ4v) is 3.33. The van der Waals surface area contributed by atoms with E-state index < -0.39 is 4.92 Å². The highest BCUT2D eigenvalue weighted by molar-refractivity contribution is 7.22. The van der Waals surface area contributed by atoms with Crippen LogP contribution in [0.1, 0.15) is 16.8 Å². The number of rotatable bonds is 7. The van der Waals surface area contributed by atoms with E-state index in [0.29, 0.717) is 26.7 Å². The van der Waals surface area contributed by atoms with Crippen molar-refractivity contribution in [2.75, 3.05) is 19.0 Å². The topological polar surface area (TPSA) is 123 Å². The van der Waals surface area contributed by atoms with E-state index in [1.165, 1.54) is 25.3 Å². The number of anilines is 1. The first-order valence-electron chi connectivity index (χ1n) is 8.23. The van der Waals surface area contributed by atoms with Gasteiger partial charge in [0.2, 0.25) is 5.91 Å². The van der Waals surface area contributed by atoms with Crippen LogP contribution in [0.15, 0.2) is 42.5 Å². The number of nitrogens with one attached hydrogen (secondary N) is 2. The summed E-state index contributed by atoms with van der Waals surface area (Å²) in [4.78, 5) is 38.7. The van der Waals surface area contributed by atoms with Crippen molar-refractivity contribution in [2.24, 2.45) is 0 Å². The highest BCUT2D eigenvalue weighted by Crippen LogP contribution is 2.29. The Labute approximate surface area is 163 Å². The molecule has 2 N–H and O–H groups in total. The summed E-state index contributed by atoms with van der Waals surface area (Å²) in [6, 6.07) is 11.0. The van der Waals surface area contributed by atoms with Gasteiger partial charge in [-0.3, -0.25) is 19.7 Å². The number of hydrogen-bond acceptors (Lipinski definition) is 7. The van der Waals surface area contributed by atoms with E-state index in [4.69, 9.17) is 4.74 Å². The Morgan fingerprint density at radius 1 is 1.25 bits per heavy atom. The van der Waals surface area contributed by atoms with E-state index in [0.717, 1.165) is 11.3 Å². The number of carbonyl (C=O) groups is 2. The third-order valence-electron chi connectivity index (χ3n) is 3.80. The molecule has 1 heterocycles. The Kier molecular flexibility index (Phi) is 5.80. The Morgan fingerprint density at radius 3 is 2.82 bits per heavy atom. The third kappa shape index (κ3) is 4.60. The molecule has 3 aromatic rings. The maximum Gasteiger partial charge on any atom is 0.270 e. The van der Waals surface area contributed by atoms with Crippen molar-refractivity contribution in [2.45, 2.75) is 6.42 Å². The molecule has 2 aromatic carbocycles. The minimum atomic E-state index is -0.484. The molecule has 0 saturated carbocycles. The van der Waals surface area contributed by atoms with Crippen LogP contribution in [-0.4, -0.2) is 35.4 Å². The van der Waals surface area contributed by atoms with Crippen LogP contribution in [-0.2, 0) is 4.79 Å². The summed E-state index contributed by atoms with van der Waals surface area (Å²) in [7, 11) is 1.52. The average Bonchev–Trinajstić information content (AvgIpc) is 3.09. The summed E-state index contributed by atoms with van der Waals surface area (Å²) in [5, 5.41) is 16.5. The molecule has 2 amide bonds. The number of nitrogens with zero attached hydrogens (tertiary/aromatic N) is 2. The van der Waals surface area contributed by atoms with Crippen LogP contribution in [0.4, 0.5) is 10.8 Å². The molecule has 3 rings (SSSR count). The highest BCUT2D eigenvalue weighted by atomic mass is 32.1. The van der Waals surface area contributed by atoms with Gasteiger partial charge < -0.3 is 15.4 Å². The van der Waals surface area contributed by atoms with E-state index >= 15 is 0 Å². The van der Waals surface area contributed by atoms with Crippen molar-refractivity contribution in [3.8, 4) is 5.75 Å². The lowest BCUT2D eigenvalue weighted by molar-refractivity contribution is -0.384. The van der Waals surface area contributed by atoms with Crippen LogP contribution in [0.25, 0.3) is 10.2 Å². The van der Waals surface area contributed by atoms with E-state index in [9.17, 15) is 19.7 Å². The molecule has 0 atom stereocenters. The number of methoxy groups -OCH3 is 1. The second-order valence-electron chi connectivity index (χ2n) is 5.71. The summed E-state index contributed by atoms with van der Waals surface area (Å²) >= 11 is 1.15. The smallest absolute Gasteiger partial charge is 0.270 e. The first-order valence-corrected chi connectivity index (χ1v) is 9.05. The summed E-state index contributed by atoms with van der Waals surface area (Å²) in [5.41, 5.74) is 0.971. The fraction of sp³-hybridized carbons (Fsp3) is 0.167. The number of amides is 2. The first-order chi connectivity index (χ1) is 13.5. The number of hydrogen-bond donors (Lipinski definition) is 2. The van der Waals surface area contributed by atoms with Gasteiger partial charge in [-0.25, -0.2) is 4.98 Å². The standard InChI is InChI=1S/C18H16N4O5S/c1-27-13-4-2-3-11(9-13)17(24)19-8-7-16(23)21-18-20-14-6-5-12(22(25)26)10-15(14)28-18/h2-6,9-10H,7-8H2,1H3,(H,19,24)(H,20,21,23). The fourth-order valence-electron chi connectivity index (χ4n) is 2.42. The summed E-state index contributed by atoms with van der Waals surface area (Å²) in [6.45, 7) is 0.151.